The van der Waals surface area contributed by atoms with Crippen molar-refractivity contribution in [2.75, 3.05) is 26.2 Å². The third kappa shape index (κ3) is 3.12. The van der Waals surface area contributed by atoms with E-state index in [0.29, 0.717) is 6.04 Å². The number of unbranched alkanes of at least 4 members (excludes halogenated alkanes) is 1. The van der Waals surface area contributed by atoms with Crippen LogP contribution in [0.25, 0.3) is 0 Å². The van der Waals surface area contributed by atoms with Gasteiger partial charge in [0.1, 0.15) is 0 Å². The maximum Gasteiger partial charge on any atom is 0.320 e. The minimum absolute atomic E-state index is 0.216. The minimum atomic E-state index is 0.216. The number of benzene rings is 1. The molecule has 22 heavy (non-hydrogen) atoms. The van der Waals surface area contributed by atoms with Crippen molar-refractivity contribution >= 4 is 6.03 Å². The molecule has 0 saturated carbocycles. The van der Waals surface area contributed by atoms with Gasteiger partial charge in [0.15, 0.2) is 0 Å². The number of carbonyl (C=O) groups is 1. The summed E-state index contributed by atoms with van der Waals surface area (Å²) in [6.45, 7) is 5.95. The molecule has 1 aromatic carbocycles. The standard InChI is InChI=1S/C18H27N3O/c1-2-3-13-20-14-17(15-7-5-4-6-8-15)21(18(20)22)16-9-11-19-12-10-16/h4-8,16-17,19H,2-3,9-14H2,1H3. The van der Waals surface area contributed by atoms with Crippen LogP contribution in [0, 0.1) is 0 Å². The van der Waals surface area contributed by atoms with Crippen LogP contribution in [0.2, 0.25) is 0 Å². The predicted molar refractivity (Wildman–Crippen MR) is 88.8 cm³/mol. The van der Waals surface area contributed by atoms with E-state index in [2.05, 4.69) is 46.3 Å². The molecule has 4 heteroatoms. The number of hydrogen-bond acceptors (Lipinski definition) is 2. The van der Waals surface area contributed by atoms with Gasteiger partial charge in [0.05, 0.1) is 6.04 Å². The van der Waals surface area contributed by atoms with Crippen molar-refractivity contribution in [2.24, 2.45) is 0 Å². The Balaban J connectivity index is 1.82. The second kappa shape index (κ2) is 7.14. The summed E-state index contributed by atoms with van der Waals surface area (Å²) in [7, 11) is 0. The molecule has 0 bridgehead atoms. The fourth-order valence-electron chi connectivity index (χ4n) is 3.64. The lowest BCUT2D eigenvalue weighted by atomic mass is 10.00. The Morgan fingerprint density at radius 2 is 1.91 bits per heavy atom. The number of carbonyl (C=O) groups excluding carboxylic acids is 1. The van der Waals surface area contributed by atoms with Gasteiger partial charge in [-0.15, -0.1) is 0 Å². The van der Waals surface area contributed by atoms with Crippen LogP contribution in [-0.4, -0.2) is 48.1 Å². The molecule has 3 rings (SSSR count). The predicted octanol–water partition coefficient (Wildman–Crippen LogP) is 3.02. The summed E-state index contributed by atoms with van der Waals surface area (Å²) in [6, 6.07) is 11.4. The lowest BCUT2D eigenvalue weighted by Gasteiger charge is -2.35. The van der Waals surface area contributed by atoms with Gasteiger partial charge in [-0.3, -0.25) is 0 Å². The van der Waals surface area contributed by atoms with E-state index in [1.165, 1.54) is 5.56 Å². The first-order valence-electron chi connectivity index (χ1n) is 8.64. The second-order valence-corrected chi connectivity index (χ2v) is 6.40. The van der Waals surface area contributed by atoms with E-state index in [0.717, 1.165) is 51.9 Å². The SMILES string of the molecule is CCCCN1CC(c2ccccc2)N(C2CCNCC2)C1=O. The van der Waals surface area contributed by atoms with Crippen LogP contribution < -0.4 is 5.32 Å². The van der Waals surface area contributed by atoms with Crippen LogP contribution in [0.4, 0.5) is 4.79 Å². The molecule has 1 atom stereocenters. The number of nitrogens with zero attached hydrogens (tertiary/aromatic N) is 2. The molecule has 1 N–H and O–H groups in total. The minimum Gasteiger partial charge on any atom is -0.322 e. The second-order valence-electron chi connectivity index (χ2n) is 6.40. The molecule has 2 aliphatic heterocycles. The van der Waals surface area contributed by atoms with Gasteiger partial charge in [-0.05, 0) is 37.9 Å². The fourth-order valence-corrected chi connectivity index (χ4v) is 3.64. The molecule has 1 unspecified atom stereocenters. The van der Waals surface area contributed by atoms with Gasteiger partial charge in [0.2, 0.25) is 0 Å². The molecule has 0 aliphatic carbocycles. The number of rotatable bonds is 5. The van der Waals surface area contributed by atoms with Crippen molar-refractivity contribution in [2.45, 2.75) is 44.7 Å². The number of hydrogen-bond donors (Lipinski definition) is 1. The lowest BCUT2D eigenvalue weighted by Crippen LogP contribution is -2.46. The summed E-state index contributed by atoms with van der Waals surface area (Å²) in [4.78, 5) is 17.2. The van der Waals surface area contributed by atoms with Crippen LogP contribution in [0.1, 0.15) is 44.2 Å². The van der Waals surface area contributed by atoms with E-state index in [4.69, 9.17) is 0 Å². The highest BCUT2D eigenvalue weighted by Crippen LogP contribution is 2.33. The zero-order valence-corrected chi connectivity index (χ0v) is 13.5. The molecule has 1 aromatic rings. The van der Waals surface area contributed by atoms with Crippen LogP contribution >= 0.6 is 0 Å². The summed E-state index contributed by atoms with van der Waals surface area (Å²) in [5.41, 5.74) is 1.27. The topological polar surface area (TPSA) is 35.6 Å². The Labute approximate surface area is 133 Å². The van der Waals surface area contributed by atoms with Crippen molar-refractivity contribution in [3.63, 3.8) is 0 Å². The normalized spacial score (nSPS) is 23.3. The van der Waals surface area contributed by atoms with Crippen molar-refractivity contribution in [3.05, 3.63) is 35.9 Å². The molecule has 2 heterocycles. The van der Waals surface area contributed by atoms with Gasteiger partial charge < -0.3 is 15.1 Å². The Morgan fingerprint density at radius 3 is 2.59 bits per heavy atom. The summed E-state index contributed by atoms with van der Waals surface area (Å²) in [6.07, 6.45) is 4.35. The highest BCUT2D eigenvalue weighted by atomic mass is 16.2. The monoisotopic (exact) mass is 301 g/mol. The van der Waals surface area contributed by atoms with Crippen LogP contribution in [0.3, 0.4) is 0 Å². The van der Waals surface area contributed by atoms with Gasteiger partial charge in [-0.25, -0.2) is 4.79 Å². The van der Waals surface area contributed by atoms with Gasteiger partial charge >= 0.3 is 6.03 Å². The first kappa shape index (κ1) is 15.3. The molecule has 0 spiro atoms. The molecule has 2 aliphatic rings. The average Bonchev–Trinajstić information content (AvgIpc) is 2.91. The molecule has 2 fully saturated rings. The van der Waals surface area contributed by atoms with Gasteiger partial charge in [0.25, 0.3) is 0 Å². The largest absolute Gasteiger partial charge is 0.322 e. The highest BCUT2D eigenvalue weighted by Gasteiger charge is 2.41. The van der Waals surface area contributed by atoms with E-state index >= 15 is 0 Å². The smallest absolute Gasteiger partial charge is 0.320 e. The van der Waals surface area contributed by atoms with E-state index in [1.54, 1.807) is 0 Å². The summed E-state index contributed by atoms with van der Waals surface area (Å²) < 4.78 is 0. The van der Waals surface area contributed by atoms with Crippen molar-refractivity contribution in [1.82, 2.24) is 15.1 Å². The Hall–Kier alpha value is -1.55. The molecular formula is C18H27N3O. The number of piperidine rings is 1. The average molecular weight is 301 g/mol. The van der Waals surface area contributed by atoms with Crippen LogP contribution in [0.15, 0.2) is 30.3 Å². The molecule has 2 saturated heterocycles. The van der Waals surface area contributed by atoms with Crippen molar-refractivity contribution in [3.8, 4) is 0 Å². The van der Waals surface area contributed by atoms with Crippen molar-refractivity contribution < 1.29 is 4.79 Å². The van der Waals surface area contributed by atoms with E-state index in [1.807, 2.05) is 6.07 Å². The maximum atomic E-state index is 12.9. The molecule has 2 amide bonds. The number of amides is 2. The van der Waals surface area contributed by atoms with Crippen LogP contribution in [-0.2, 0) is 0 Å². The molecule has 0 aromatic heterocycles. The Bertz CT molecular complexity index is 484. The quantitative estimate of drug-likeness (QED) is 0.907. The van der Waals surface area contributed by atoms with E-state index in [-0.39, 0.29) is 12.1 Å². The summed E-state index contributed by atoms with van der Waals surface area (Å²) in [5.74, 6) is 0. The number of urea groups is 1. The van der Waals surface area contributed by atoms with Gasteiger partial charge in [-0.2, -0.15) is 0 Å². The first-order valence-corrected chi connectivity index (χ1v) is 8.64. The molecule has 120 valence electrons. The van der Waals surface area contributed by atoms with E-state index in [9.17, 15) is 4.79 Å². The third-order valence-corrected chi connectivity index (χ3v) is 4.89. The zero-order chi connectivity index (χ0) is 15.4. The number of nitrogens with one attached hydrogen (secondary N) is 1. The highest BCUT2D eigenvalue weighted by molar-refractivity contribution is 5.78. The Morgan fingerprint density at radius 1 is 1.18 bits per heavy atom. The third-order valence-electron chi connectivity index (χ3n) is 4.89. The lowest BCUT2D eigenvalue weighted by molar-refractivity contribution is 0.149. The summed E-state index contributed by atoms with van der Waals surface area (Å²) >= 11 is 0. The zero-order valence-electron chi connectivity index (χ0n) is 13.5. The summed E-state index contributed by atoms with van der Waals surface area (Å²) in [5, 5.41) is 3.40. The maximum absolute atomic E-state index is 12.9. The molecule has 4 nitrogen and oxygen atoms in total. The first-order chi connectivity index (χ1) is 10.8. The van der Waals surface area contributed by atoms with Crippen LogP contribution in [0.5, 0.6) is 0 Å². The molecular weight excluding hydrogens is 274 g/mol. The van der Waals surface area contributed by atoms with Crippen molar-refractivity contribution in [1.29, 1.82) is 0 Å². The van der Waals surface area contributed by atoms with E-state index < -0.39 is 0 Å². The van der Waals surface area contributed by atoms with Gasteiger partial charge in [-0.1, -0.05) is 43.7 Å². The Kier molecular flexibility index (Phi) is 4.98. The molecule has 0 radical (unpaired) electrons. The van der Waals surface area contributed by atoms with Gasteiger partial charge in [0, 0.05) is 19.1 Å². The fraction of sp³-hybridized carbons (Fsp3) is 0.611.